The average molecular weight is 637 g/mol. The molecule has 50 heavy (non-hydrogen) atoms. The van der Waals surface area contributed by atoms with E-state index in [0.29, 0.717) is 5.82 Å². The smallest absolute Gasteiger partial charge is 0.160 e. The van der Waals surface area contributed by atoms with Gasteiger partial charge in [0.05, 0.1) is 16.8 Å². The number of hydrogen-bond acceptors (Lipinski definition) is 3. The molecule has 0 fully saturated rings. The van der Waals surface area contributed by atoms with Crippen LogP contribution in [0.1, 0.15) is 22.3 Å². The van der Waals surface area contributed by atoms with E-state index in [2.05, 4.69) is 140 Å². The topological polar surface area (TPSA) is 38.9 Å². The summed E-state index contributed by atoms with van der Waals surface area (Å²) in [5, 5.41) is 2.18. The molecule has 11 rings (SSSR count). The van der Waals surface area contributed by atoms with Crippen LogP contribution < -0.4 is 0 Å². The highest BCUT2D eigenvalue weighted by atomic mass is 16.3. The molecule has 0 N–H and O–H groups in total. The summed E-state index contributed by atoms with van der Waals surface area (Å²) in [4.78, 5) is 10.4. The van der Waals surface area contributed by atoms with E-state index in [1.165, 1.54) is 44.5 Å². The van der Waals surface area contributed by atoms with E-state index in [4.69, 9.17) is 14.4 Å². The highest BCUT2D eigenvalue weighted by Gasteiger charge is 2.51. The first-order valence-corrected chi connectivity index (χ1v) is 17.1. The Bertz CT molecular complexity index is 2770. The molecular weight excluding hydrogens is 609 g/mol. The van der Waals surface area contributed by atoms with Gasteiger partial charge in [-0.25, -0.2) is 9.97 Å². The molecule has 0 amide bonds. The Kier molecular flexibility index (Phi) is 5.59. The third kappa shape index (κ3) is 3.64. The van der Waals surface area contributed by atoms with Gasteiger partial charge in [-0.3, -0.25) is 0 Å². The van der Waals surface area contributed by atoms with Crippen molar-refractivity contribution in [3.8, 4) is 56.2 Å². The Balaban J connectivity index is 1.18. The van der Waals surface area contributed by atoms with Gasteiger partial charge in [0.25, 0.3) is 0 Å². The van der Waals surface area contributed by atoms with Crippen LogP contribution in [-0.4, -0.2) is 9.97 Å². The van der Waals surface area contributed by atoms with Crippen LogP contribution >= 0.6 is 0 Å². The first kappa shape index (κ1) is 27.4. The minimum absolute atomic E-state index is 0.423. The van der Waals surface area contributed by atoms with Crippen molar-refractivity contribution >= 4 is 21.9 Å². The summed E-state index contributed by atoms with van der Waals surface area (Å²) in [7, 11) is 0. The second kappa shape index (κ2) is 10.2. The van der Waals surface area contributed by atoms with Crippen molar-refractivity contribution in [3.63, 3.8) is 0 Å². The molecule has 2 aliphatic rings. The molecular formula is C47H28N2O. The summed E-state index contributed by atoms with van der Waals surface area (Å²) in [6.07, 6.45) is 0. The molecule has 7 aromatic carbocycles. The van der Waals surface area contributed by atoms with Gasteiger partial charge in [0, 0.05) is 27.5 Å². The molecule has 9 aromatic rings. The van der Waals surface area contributed by atoms with Crippen LogP contribution in [0.15, 0.2) is 174 Å². The highest BCUT2D eigenvalue weighted by molar-refractivity contribution is 6.09. The summed E-state index contributed by atoms with van der Waals surface area (Å²) in [6, 6.07) is 60.6. The molecule has 0 aliphatic heterocycles. The van der Waals surface area contributed by atoms with Gasteiger partial charge in [-0.15, -0.1) is 0 Å². The lowest BCUT2D eigenvalue weighted by atomic mass is 9.70. The number of aromatic nitrogens is 2. The molecule has 0 saturated heterocycles. The third-order valence-corrected chi connectivity index (χ3v) is 10.7. The summed E-state index contributed by atoms with van der Waals surface area (Å²) in [5.41, 5.74) is 16.4. The van der Waals surface area contributed by atoms with Gasteiger partial charge in [0.1, 0.15) is 11.2 Å². The minimum atomic E-state index is -0.423. The molecule has 0 atom stereocenters. The fraction of sp³-hybridized carbons (Fsp3) is 0.0213. The number of hydrogen-bond donors (Lipinski definition) is 0. The first-order chi connectivity index (χ1) is 24.8. The van der Waals surface area contributed by atoms with E-state index in [-0.39, 0.29) is 0 Å². The maximum absolute atomic E-state index is 6.49. The Morgan fingerprint density at radius 2 is 0.940 bits per heavy atom. The largest absolute Gasteiger partial charge is 0.455 e. The SMILES string of the molecule is c1ccc(-c2nc(-c3ccc4c(c3)C3(c5ccccc5-c5ccccc53)c3ccccc3-4)cc(-c3cccc4c3oc3ccccc34)n2)cc1. The Morgan fingerprint density at radius 1 is 0.380 bits per heavy atom. The third-order valence-electron chi connectivity index (χ3n) is 10.7. The van der Waals surface area contributed by atoms with E-state index in [0.717, 1.165) is 50.0 Å². The lowest BCUT2D eigenvalue weighted by Crippen LogP contribution is -2.25. The van der Waals surface area contributed by atoms with Crippen molar-refractivity contribution < 1.29 is 4.42 Å². The Labute approximate surface area is 289 Å². The van der Waals surface area contributed by atoms with Crippen molar-refractivity contribution in [3.05, 3.63) is 192 Å². The monoisotopic (exact) mass is 636 g/mol. The van der Waals surface area contributed by atoms with Crippen LogP contribution in [0.25, 0.3) is 78.1 Å². The highest BCUT2D eigenvalue weighted by Crippen LogP contribution is 2.63. The van der Waals surface area contributed by atoms with E-state index >= 15 is 0 Å². The van der Waals surface area contributed by atoms with Crippen molar-refractivity contribution in [1.82, 2.24) is 9.97 Å². The van der Waals surface area contributed by atoms with Crippen LogP contribution in [0.3, 0.4) is 0 Å². The van der Waals surface area contributed by atoms with Gasteiger partial charge in [-0.1, -0.05) is 146 Å². The lowest BCUT2D eigenvalue weighted by Gasteiger charge is -2.30. The van der Waals surface area contributed by atoms with Gasteiger partial charge in [-0.05, 0) is 68.8 Å². The van der Waals surface area contributed by atoms with Crippen molar-refractivity contribution in [2.45, 2.75) is 5.41 Å². The molecule has 0 unspecified atom stereocenters. The summed E-state index contributed by atoms with van der Waals surface area (Å²) >= 11 is 0. The number of benzene rings is 7. The molecule has 0 bridgehead atoms. The molecule has 2 aliphatic carbocycles. The van der Waals surface area contributed by atoms with Crippen LogP contribution in [0.5, 0.6) is 0 Å². The molecule has 0 saturated carbocycles. The molecule has 1 spiro atoms. The zero-order chi connectivity index (χ0) is 32.8. The summed E-state index contributed by atoms with van der Waals surface area (Å²) in [6.45, 7) is 0. The van der Waals surface area contributed by atoms with Crippen molar-refractivity contribution in [2.24, 2.45) is 0 Å². The fourth-order valence-corrected chi connectivity index (χ4v) is 8.65. The normalized spacial score (nSPS) is 13.4. The molecule has 2 aromatic heterocycles. The number of rotatable bonds is 3. The van der Waals surface area contributed by atoms with Gasteiger partial charge in [0.2, 0.25) is 0 Å². The molecule has 3 heteroatoms. The van der Waals surface area contributed by atoms with E-state index in [1.54, 1.807) is 0 Å². The first-order valence-electron chi connectivity index (χ1n) is 17.1. The number of furan rings is 1. The van der Waals surface area contributed by atoms with Gasteiger partial charge < -0.3 is 4.42 Å². The fourth-order valence-electron chi connectivity index (χ4n) is 8.65. The zero-order valence-electron chi connectivity index (χ0n) is 27.0. The number of para-hydroxylation sites is 2. The quantitative estimate of drug-likeness (QED) is 0.194. The summed E-state index contributed by atoms with van der Waals surface area (Å²) in [5.74, 6) is 0.682. The lowest BCUT2D eigenvalue weighted by molar-refractivity contribution is 0.670. The van der Waals surface area contributed by atoms with Gasteiger partial charge >= 0.3 is 0 Å². The van der Waals surface area contributed by atoms with Crippen LogP contribution in [0.2, 0.25) is 0 Å². The Morgan fingerprint density at radius 3 is 1.66 bits per heavy atom. The molecule has 0 radical (unpaired) electrons. The van der Waals surface area contributed by atoms with E-state index < -0.39 is 5.41 Å². The predicted octanol–water partition coefficient (Wildman–Crippen LogP) is 11.7. The second-order valence-electron chi connectivity index (χ2n) is 13.3. The summed E-state index contributed by atoms with van der Waals surface area (Å²) < 4.78 is 6.49. The van der Waals surface area contributed by atoms with Crippen molar-refractivity contribution in [1.29, 1.82) is 0 Å². The minimum Gasteiger partial charge on any atom is -0.455 e. The number of fused-ring (bicyclic) bond motifs is 13. The van der Waals surface area contributed by atoms with Crippen molar-refractivity contribution in [2.75, 3.05) is 0 Å². The average Bonchev–Trinajstić information content (AvgIpc) is 3.82. The van der Waals surface area contributed by atoms with E-state index in [1.807, 2.05) is 30.3 Å². The molecule has 232 valence electrons. The predicted molar refractivity (Wildman–Crippen MR) is 202 cm³/mol. The Hall–Kier alpha value is -6.58. The zero-order valence-corrected chi connectivity index (χ0v) is 27.0. The van der Waals surface area contributed by atoms with Crippen LogP contribution in [-0.2, 0) is 5.41 Å². The van der Waals surface area contributed by atoms with Gasteiger partial charge in [0.15, 0.2) is 5.82 Å². The maximum atomic E-state index is 6.49. The van der Waals surface area contributed by atoms with E-state index in [9.17, 15) is 0 Å². The maximum Gasteiger partial charge on any atom is 0.160 e. The molecule has 3 nitrogen and oxygen atoms in total. The van der Waals surface area contributed by atoms with Crippen LogP contribution in [0.4, 0.5) is 0 Å². The number of nitrogens with zero attached hydrogens (tertiary/aromatic N) is 2. The van der Waals surface area contributed by atoms with Crippen LogP contribution in [0, 0.1) is 0 Å². The molecule has 2 heterocycles. The standard InChI is InChI=1S/C47H28N2O/c1-2-13-29(14-3-1)46-48-42(28-43(49-46)37-20-12-19-36-35-18-7-11-24-44(35)50-45(36)37)30-25-26-34-33-17-6-10-23-40(33)47(41(34)27-30)38-21-8-4-15-31(38)32-16-5-9-22-39(32)47/h1-28H. The van der Waals surface area contributed by atoms with Gasteiger partial charge in [-0.2, -0.15) is 0 Å². The second-order valence-corrected chi connectivity index (χ2v) is 13.3.